The van der Waals surface area contributed by atoms with E-state index in [1.807, 2.05) is 30.9 Å². The zero-order valence-corrected chi connectivity index (χ0v) is 15.7. The van der Waals surface area contributed by atoms with Gasteiger partial charge >= 0.3 is 0 Å². The molecule has 28 heavy (non-hydrogen) atoms. The number of aromatic nitrogens is 3. The van der Waals surface area contributed by atoms with E-state index >= 15 is 0 Å². The second-order valence-corrected chi connectivity index (χ2v) is 7.90. The van der Waals surface area contributed by atoms with Crippen molar-refractivity contribution in [2.24, 2.45) is 5.92 Å². The summed E-state index contributed by atoms with van der Waals surface area (Å²) in [5.41, 5.74) is 3.10. The van der Waals surface area contributed by atoms with Crippen LogP contribution in [0.2, 0.25) is 0 Å². The van der Waals surface area contributed by atoms with Crippen LogP contribution in [0.3, 0.4) is 0 Å². The Morgan fingerprint density at radius 2 is 2.07 bits per heavy atom. The summed E-state index contributed by atoms with van der Waals surface area (Å²) < 4.78 is 5.14. The molecule has 3 heterocycles. The third-order valence-corrected chi connectivity index (χ3v) is 6.03. The topological polar surface area (TPSA) is 104 Å². The maximum absolute atomic E-state index is 12.9. The third-order valence-electron chi connectivity index (χ3n) is 6.03. The summed E-state index contributed by atoms with van der Waals surface area (Å²) in [4.78, 5) is 27.6. The van der Waals surface area contributed by atoms with Gasteiger partial charge in [0.25, 0.3) is 11.8 Å². The average molecular weight is 379 g/mol. The van der Waals surface area contributed by atoms with Gasteiger partial charge in [0.15, 0.2) is 0 Å². The molecule has 2 bridgehead atoms. The molecule has 1 saturated heterocycles. The van der Waals surface area contributed by atoms with Gasteiger partial charge in [-0.15, -0.1) is 0 Å². The van der Waals surface area contributed by atoms with E-state index in [1.165, 1.54) is 0 Å². The van der Waals surface area contributed by atoms with Gasteiger partial charge in [0.2, 0.25) is 5.76 Å². The molecule has 1 saturated carbocycles. The van der Waals surface area contributed by atoms with Gasteiger partial charge in [0.1, 0.15) is 0 Å². The van der Waals surface area contributed by atoms with Crippen molar-refractivity contribution in [1.29, 1.82) is 0 Å². The highest BCUT2D eigenvalue weighted by molar-refractivity contribution is 5.99. The Kier molecular flexibility index (Phi) is 3.75. The molecule has 144 valence electrons. The van der Waals surface area contributed by atoms with E-state index in [-0.39, 0.29) is 29.7 Å². The average Bonchev–Trinajstić information content (AvgIpc) is 3.43. The van der Waals surface area contributed by atoms with Gasteiger partial charge in [-0.25, -0.2) is 0 Å². The number of piperidine rings is 1. The summed E-state index contributed by atoms with van der Waals surface area (Å²) in [6.45, 7) is 4.44. The zero-order valence-electron chi connectivity index (χ0n) is 15.7. The lowest BCUT2D eigenvalue weighted by atomic mass is 10.0. The van der Waals surface area contributed by atoms with Crippen molar-refractivity contribution in [3.63, 3.8) is 0 Å². The van der Waals surface area contributed by atoms with E-state index in [9.17, 15) is 9.59 Å². The van der Waals surface area contributed by atoms with Crippen LogP contribution in [0.25, 0.3) is 10.9 Å². The van der Waals surface area contributed by atoms with E-state index < -0.39 is 0 Å². The quantitative estimate of drug-likeness (QED) is 0.726. The predicted molar refractivity (Wildman–Crippen MR) is 101 cm³/mol. The SMILES string of the molecule is Cc1cc2cn[nH]c2cc1C(=O)NC1CC2CC1N(C(=O)c1oncc1C)C2. The van der Waals surface area contributed by atoms with Crippen molar-refractivity contribution in [3.05, 3.63) is 47.0 Å². The molecule has 2 fully saturated rings. The molecule has 0 spiro atoms. The lowest BCUT2D eigenvalue weighted by Crippen LogP contribution is -2.52. The minimum absolute atomic E-state index is 0.0119. The third kappa shape index (κ3) is 2.59. The second kappa shape index (κ2) is 6.19. The monoisotopic (exact) mass is 379 g/mol. The summed E-state index contributed by atoms with van der Waals surface area (Å²) >= 11 is 0. The highest BCUT2D eigenvalue weighted by Gasteiger charge is 2.48. The number of carbonyl (C=O) groups is 2. The first-order chi connectivity index (χ1) is 13.5. The van der Waals surface area contributed by atoms with Crippen LogP contribution in [0.1, 0.15) is 44.9 Å². The number of nitrogens with zero attached hydrogens (tertiary/aromatic N) is 3. The molecule has 3 unspecified atom stereocenters. The molecule has 3 atom stereocenters. The van der Waals surface area contributed by atoms with Crippen molar-refractivity contribution in [1.82, 2.24) is 25.6 Å². The minimum Gasteiger partial charge on any atom is -0.351 e. The van der Waals surface area contributed by atoms with Gasteiger partial charge in [0.05, 0.1) is 24.0 Å². The molecule has 2 aliphatic rings. The summed E-state index contributed by atoms with van der Waals surface area (Å²) in [5, 5.41) is 14.8. The highest BCUT2D eigenvalue weighted by Crippen LogP contribution is 2.39. The molecule has 1 aromatic carbocycles. The number of nitrogens with one attached hydrogen (secondary N) is 2. The fourth-order valence-corrected chi connectivity index (χ4v) is 4.64. The van der Waals surface area contributed by atoms with Crippen LogP contribution < -0.4 is 5.32 Å². The van der Waals surface area contributed by atoms with Crippen molar-refractivity contribution < 1.29 is 14.1 Å². The number of aromatic amines is 1. The Morgan fingerprint density at radius 3 is 2.82 bits per heavy atom. The predicted octanol–water partition coefficient (Wildman–Crippen LogP) is 2.20. The normalized spacial score (nSPS) is 23.5. The molecule has 3 aromatic rings. The smallest absolute Gasteiger partial charge is 0.293 e. The zero-order chi connectivity index (χ0) is 19.4. The Morgan fingerprint density at radius 1 is 1.21 bits per heavy atom. The fourth-order valence-electron chi connectivity index (χ4n) is 4.64. The van der Waals surface area contributed by atoms with Gasteiger partial charge in [-0.3, -0.25) is 14.7 Å². The molecule has 2 amide bonds. The van der Waals surface area contributed by atoms with E-state index in [4.69, 9.17) is 4.52 Å². The van der Waals surface area contributed by atoms with Crippen LogP contribution in [-0.4, -0.2) is 50.7 Å². The number of rotatable bonds is 3. The van der Waals surface area contributed by atoms with Crippen LogP contribution in [-0.2, 0) is 0 Å². The van der Waals surface area contributed by atoms with Crippen LogP contribution in [0, 0.1) is 19.8 Å². The molecular formula is C20H21N5O3. The molecule has 2 N–H and O–H groups in total. The maximum Gasteiger partial charge on any atom is 0.293 e. The van der Waals surface area contributed by atoms with Gasteiger partial charge < -0.3 is 14.7 Å². The number of hydrogen-bond acceptors (Lipinski definition) is 5. The summed E-state index contributed by atoms with van der Waals surface area (Å²) in [5.74, 6) is 0.433. The minimum atomic E-state index is -0.142. The number of amides is 2. The molecule has 0 radical (unpaired) electrons. The van der Waals surface area contributed by atoms with E-state index in [0.29, 0.717) is 18.0 Å². The fraction of sp³-hybridized carbons (Fsp3) is 0.400. The Labute approximate surface area is 161 Å². The molecule has 8 heteroatoms. The Hall–Kier alpha value is -3.16. The lowest BCUT2D eigenvalue weighted by molar-refractivity contribution is 0.0609. The standard InChI is InChI=1S/C20H21N5O3/c1-10-3-13-8-21-24-15(13)6-14(10)19(26)23-16-4-12-5-17(16)25(9-12)20(27)18-11(2)7-22-28-18/h3,6-8,12,16-17H,4-5,9H2,1-2H3,(H,21,24)(H,23,26). The van der Waals surface area contributed by atoms with Crippen molar-refractivity contribution in [2.75, 3.05) is 6.54 Å². The second-order valence-electron chi connectivity index (χ2n) is 7.90. The summed E-state index contributed by atoms with van der Waals surface area (Å²) in [6.07, 6.45) is 5.09. The summed E-state index contributed by atoms with van der Waals surface area (Å²) in [7, 11) is 0. The van der Waals surface area contributed by atoms with Gasteiger partial charge in [-0.1, -0.05) is 5.16 Å². The maximum atomic E-state index is 12.9. The van der Waals surface area contributed by atoms with Crippen LogP contribution in [0.5, 0.6) is 0 Å². The Balaban J connectivity index is 1.35. The molecular weight excluding hydrogens is 358 g/mol. The van der Waals surface area contributed by atoms with Gasteiger partial charge in [-0.2, -0.15) is 5.10 Å². The van der Waals surface area contributed by atoms with E-state index in [2.05, 4.69) is 20.7 Å². The van der Waals surface area contributed by atoms with Crippen molar-refractivity contribution >= 4 is 22.7 Å². The number of carbonyl (C=O) groups excluding carboxylic acids is 2. The largest absolute Gasteiger partial charge is 0.351 e. The Bertz CT molecular complexity index is 1080. The van der Waals surface area contributed by atoms with Gasteiger partial charge in [-0.05, 0) is 50.3 Å². The van der Waals surface area contributed by atoms with Crippen molar-refractivity contribution in [3.8, 4) is 0 Å². The molecule has 1 aliphatic carbocycles. The first-order valence-electron chi connectivity index (χ1n) is 9.48. The first-order valence-corrected chi connectivity index (χ1v) is 9.48. The van der Waals surface area contributed by atoms with Crippen LogP contribution >= 0.6 is 0 Å². The van der Waals surface area contributed by atoms with Crippen LogP contribution in [0.4, 0.5) is 0 Å². The molecule has 1 aliphatic heterocycles. The molecule has 2 aromatic heterocycles. The number of likely N-dealkylation sites (tertiary alicyclic amines) is 1. The number of H-pyrrole nitrogens is 1. The molecule has 8 nitrogen and oxygen atoms in total. The highest BCUT2D eigenvalue weighted by atomic mass is 16.5. The number of benzene rings is 1. The number of fused-ring (bicyclic) bond motifs is 3. The van der Waals surface area contributed by atoms with E-state index in [1.54, 1.807) is 12.4 Å². The van der Waals surface area contributed by atoms with Crippen LogP contribution in [0.15, 0.2) is 29.0 Å². The number of hydrogen-bond donors (Lipinski definition) is 2. The molecule has 5 rings (SSSR count). The number of aryl methyl sites for hydroxylation is 2. The lowest BCUT2D eigenvalue weighted by Gasteiger charge is -2.33. The first kappa shape index (κ1) is 17.0. The van der Waals surface area contributed by atoms with E-state index in [0.717, 1.165) is 34.9 Å². The summed E-state index contributed by atoms with van der Waals surface area (Å²) in [6, 6.07) is 3.72. The van der Waals surface area contributed by atoms with Gasteiger partial charge in [0, 0.05) is 29.1 Å². The van der Waals surface area contributed by atoms with Crippen molar-refractivity contribution in [2.45, 2.75) is 38.8 Å².